The van der Waals surface area contributed by atoms with E-state index in [-0.39, 0.29) is 10.6 Å². The zero-order valence-electron chi connectivity index (χ0n) is 17.1. The standard InChI is InChI=1S/C21H20F4N4O3S/c22-15-6-4-14(5-7-15)18(21(23,24)25)28-16(19(30)29-20(13-26)9-10-20)8-12-33(31,32)17-3-1-2-11-27-17/h1-7,11,16,18,28H,8-10,12H2,(H,29,30)/t16-,18-/m0/s1. The van der Waals surface area contributed by atoms with Gasteiger partial charge in [0.2, 0.25) is 5.91 Å². The summed E-state index contributed by atoms with van der Waals surface area (Å²) in [5.41, 5.74) is -1.52. The Morgan fingerprint density at radius 1 is 1.18 bits per heavy atom. The van der Waals surface area contributed by atoms with Crippen LogP contribution in [-0.2, 0) is 14.6 Å². The zero-order valence-corrected chi connectivity index (χ0v) is 18.0. The quantitative estimate of drug-likeness (QED) is 0.530. The van der Waals surface area contributed by atoms with Crippen LogP contribution >= 0.6 is 0 Å². The van der Waals surface area contributed by atoms with Crippen molar-refractivity contribution in [1.82, 2.24) is 15.6 Å². The fraction of sp³-hybridized carbons (Fsp3) is 0.381. The average molecular weight is 484 g/mol. The van der Waals surface area contributed by atoms with Gasteiger partial charge >= 0.3 is 6.18 Å². The molecule has 1 amide bonds. The highest BCUT2D eigenvalue weighted by molar-refractivity contribution is 7.91. The molecule has 1 aromatic carbocycles. The summed E-state index contributed by atoms with van der Waals surface area (Å²) in [5, 5.41) is 13.5. The summed E-state index contributed by atoms with van der Waals surface area (Å²) in [6, 6.07) is 5.68. The summed E-state index contributed by atoms with van der Waals surface area (Å²) < 4.78 is 79.8. The Bertz CT molecular complexity index is 1130. The number of hydrogen-bond donors (Lipinski definition) is 2. The van der Waals surface area contributed by atoms with Crippen molar-refractivity contribution < 1.29 is 30.8 Å². The van der Waals surface area contributed by atoms with Gasteiger partial charge in [0.1, 0.15) is 17.4 Å². The molecule has 1 aromatic heterocycles. The molecule has 1 aliphatic carbocycles. The lowest BCUT2D eigenvalue weighted by atomic mass is 10.0. The number of amides is 1. The van der Waals surface area contributed by atoms with Crippen LogP contribution in [0.25, 0.3) is 0 Å². The number of benzene rings is 1. The molecule has 0 unspecified atom stereocenters. The Hall–Kier alpha value is -3.04. The Morgan fingerprint density at radius 2 is 1.85 bits per heavy atom. The molecule has 7 nitrogen and oxygen atoms in total. The topological polar surface area (TPSA) is 112 Å². The predicted octanol–water partition coefficient (Wildman–Crippen LogP) is 2.82. The van der Waals surface area contributed by atoms with Gasteiger partial charge in [-0.2, -0.15) is 18.4 Å². The minimum atomic E-state index is -4.87. The maximum atomic E-state index is 13.8. The van der Waals surface area contributed by atoms with Crippen molar-refractivity contribution in [1.29, 1.82) is 5.26 Å². The van der Waals surface area contributed by atoms with Gasteiger partial charge in [-0.3, -0.25) is 10.1 Å². The molecule has 3 rings (SSSR count). The SMILES string of the molecule is N#CC1(NC(=O)[C@H](CCS(=O)(=O)c2ccccn2)N[C@@H](c2ccc(F)cc2)C(F)(F)F)CC1. The van der Waals surface area contributed by atoms with Crippen molar-refractivity contribution in [2.45, 2.75) is 48.1 Å². The van der Waals surface area contributed by atoms with Gasteiger partial charge in [0.05, 0.1) is 17.9 Å². The Balaban J connectivity index is 1.86. The minimum absolute atomic E-state index is 0.272. The third kappa shape index (κ3) is 6.27. The first-order valence-electron chi connectivity index (χ1n) is 9.91. The molecule has 0 aliphatic heterocycles. The van der Waals surface area contributed by atoms with Gasteiger partial charge in [0.25, 0.3) is 0 Å². The van der Waals surface area contributed by atoms with E-state index in [1.165, 1.54) is 24.4 Å². The molecule has 1 saturated carbocycles. The largest absolute Gasteiger partial charge is 0.407 e. The maximum absolute atomic E-state index is 13.8. The lowest BCUT2D eigenvalue weighted by Crippen LogP contribution is -2.52. The lowest BCUT2D eigenvalue weighted by Gasteiger charge is -2.28. The van der Waals surface area contributed by atoms with Gasteiger partial charge < -0.3 is 5.32 Å². The summed E-state index contributed by atoms with van der Waals surface area (Å²) in [4.78, 5) is 16.5. The van der Waals surface area contributed by atoms with Gasteiger partial charge in [-0.25, -0.2) is 17.8 Å². The fourth-order valence-electron chi connectivity index (χ4n) is 3.15. The Morgan fingerprint density at radius 3 is 2.36 bits per heavy atom. The van der Waals surface area contributed by atoms with Gasteiger partial charge in [0.15, 0.2) is 14.9 Å². The molecule has 176 valence electrons. The van der Waals surface area contributed by atoms with Crippen LogP contribution in [0.4, 0.5) is 17.6 Å². The molecule has 0 spiro atoms. The third-order valence-corrected chi connectivity index (χ3v) is 6.83. The van der Waals surface area contributed by atoms with Crippen molar-refractivity contribution in [2.75, 3.05) is 5.75 Å². The Kier molecular flexibility index (Phi) is 7.04. The van der Waals surface area contributed by atoms with E-state index in [0.717, 1.165) is 24.3 Å². The summed E-state index contributed by atoms with van der Waals surface area (Å²) in [7, 11) is -3.99. The number of hydrogen-bond acceptors (Lipinski definition) is 6. The summed E-state index contributed by atoms with van der Waals surface area (Å²) >= 11 is 0. The van der Waals surface area contributed by atoms with Crippen molar-refractivity contribution in [3.8, 4) is 6.07 Å². The van der Waals surface area contributed by atoms with Crippen LogP contribution in [0.3, 0.4) is 0 Å². The number of nitrogens with zero attached hydrogens (tertiary/aromatic N) is 2. The van der Waals surface area contributed by atoms with E-state index in [1.807, 2.05) is 6.07 Å². The number of pyridine rings is 1. The van der Waals surface area contributed by atoms with Crippen LogP contribution in [0.5, 0.6) is 0 Å². The average Bonchev–Trinajstić information content (AvgIpc) is 3.54. The van der Waals surface area contributed by atoms with Crippen LogP contribution < -0.4 is 10.6 Å². The number of nitrogens with one attached hydrogen (secondary N) is 2. The van der Waals surface area contributed by atoms with Crippen LogP contribution in [0, 0.1) is 17.1 Å². The number of aromatic nitrogens is 1. The molecule has 1 aliphatic rings. The molecule has 0 radical (unpaired) electrons. The number of carbonyl (C=O) groups excluding carboxylic acids is 1. The molecule has 12 heteroatoms. The Labute approximate surface area is 187 Å². The second-order valence-electron chi connectivity index (χ2n) is 7.70. The van der Waals surface area contributed by atoms with Crippen LogP contribution in [0.15, 0.2) is 53.7 Å². The van der Waals surface area contributed by atoms with Gasteiger partial charge in [-0.1, -0.05) is 18.2 Å². The third-order valence-electron chi connectivity index (χ3n) is 5.17. The van der Waals surface area contributed by atoms with E-state index in [1.54, 1.807) is 0 Å². The second-order valence-corrected chi connectivity index (χ2v) is 9.76. The van der Waals surface area contributed by atoms with E-state index in [4.69, 9.17) is 0 Å². The number of rotatable bonds is 9. The van der Waals surface area contributed by atoms with E-state index < -0.39 is 57.5 Å². The van der Waals surface area contributed by atoms with Crippen LogP contribution in [0.1, 0.15) is 30.9 Å². The number of halogens is 4. The highest BCUT2D eigenvalue weighted by Gasteiger charge is 2.47. The number of nitriles is 1. The summed E-state index contributed by atoms with van der Waals surface area (Å²) in [6.07, 6.45) is -3.44. The number of sulfone groups is 1. The first-order chi connectivity index (χ1) is 15.5. The minimum Gasteiger partial charge on any atom is -0.336 e. The summed E-state index contributed by atoms with van der Waals surface area (Å²) in [6.45, 7) is 0. The van der Waals surface area contributed by atoms with Crippen LogP contribution in [0.2, 0.25) is 0 Å². The highest BCUT2D eigenvalue weighted by Crippen LogP contribution is 2.36. The molecule has 1 fully saturated rings. The maximum Gasteiger partial charge on any atom is 0.407 e. The molecule has 1 heterocycles. The van der Waals surface area contributed by atoms with Gasteiger partial charge in [-0.15, -0.1) is 0 Å². The van der Waals surface area contributed by atoms with E-state index in [2.05, 4.69) is 15.6 Å². The lowest BCUT2D eigenvalue weighted by molar-refractivity contribution is -0.161. The zero-order chi connectivity index (χ0) is 24.3. The van der Waals surface area contributed by atoms with Crippen molar-refractivity contribution in [3.63, 3.8) is 0 Å². The van der Waals surface area contributed by atoms with Crippen molar-refractivity contribution >= 4 is 15.7 Å². The molecule has 0 saturated heterocycles. The molecule has 0 bridgehead atoms. The first-order valence-corrected chi connectivity index (χ1v) is 11.6. The van der Waals surface area contributed by atoms with Gasteiger partial charge in [0, 0.05) is 6.20 Å². The predicted molar refractivity (Wildman–Crippen MR) is 109 cm³/mol. The fourth-order valence-corrected chi connectivity index (χ4v) is 4.41. The molecule has 2 aromatic rings. The molecular weight excluding hydrogens is 464 g/mol. The molecule has 2 N–H and O–H groups in total. The van der Waals surface area contributed by atoms with Crippen LogP contribution in [-0.4, -0.2) is 42.8 Å². The van der Waals surface area contributed by atoms with E-state index >= 15 is 0 Å². The monoisotopic (exact) mass is 484 g/mol. The normalized spacial score (nSPS) is 16.9. The van der Waals surface area contributed by atoms with Crippen molar-refractivity contribution in [3.05, 3.63) is 60.0 Å². The smallest absolute Gasteiger partial charge is 0.336 e. The number of carbonyl (C=O) groups is 1. The highest BCUT2D eigenvalue weighted by atomic mass is 32.2. The summed E-state index contributed by atoms with van der Waals surface area (Å²) in [5.74, 6) is -2.33. The second kappa shape index (κ2) is 9.44. The molecular formula is C21H20F4N4O3S. The van der Waals surface area contributed by atoms with Gasteiger partial charge in [-0.05, 0) is 49.1 Å². The van der Waals surface area contributed by atoms with Crippen molar-refractivity contribution in [2.24, 2.45) is 0 Å². The number of alkyl halides is 3. The van der Waals surface area contributed by atoms with E-state index in [0.29, 0.717) is 12.8 Å². The van der Waals surface area contributed by atoms with E-state index in [9.17, 15) is 36.0 Å². The first kappa shape index (κ1) is 24.6. The molecule has 2 atom stereocenters. The molecule has 33 heavy (non-hydrogen) atoms.